The first-order chi connectivity index (χ1) is 6.24. The standard InChI is InChI=1S/C9H12N4/c1-6-5-9(6)13-7(2)8(3-4-10)11-12-13/h6,9H,3,5H2,1-2H3. The van der Waals surface area contributed by atoms with Crippen molar-refractivity contribution in [3.8, 4) is 6.07 Å². The van der Waals surface area contributed by atoms with Gasteiger partial charge in [-0.2, -0.15) is 5.26 Å². The fourth-order valence-corrected chi connectivity index (χ4v) is 1.57. The largest absolute Gasteiger partial charge is 0.246 e. The lowest BCUT2D eigenvalue weighted by Crippen LogP contribution is -2.00. The molecule has 2 unspecified atom stereocenters. The number of aromatic nitrogens is 3. The third-order valence-electron chi connectivity index (χ3n) is 2.65. The molecular formula is C9H12N4. The summed E-state index contributed by atoms with van der Waals surface area (Å²) >= 11 is 0. The highest BCUT2D eigenvalue weighted by molar-refractivity contribution is 5.14. The van der Waals surface area contributed by atoms with Gasteiger partial charge < -0.3 is 0 Å². The maximum Gasteiger partial charge on any atom is 0.0996 e. The second kappa shape index (κ2) is 2.84. The van der Waals surface area contributed by atoms with Crippen LogP contribution in [0, 0.1) is 24.2 Å². The Labute approximate surface area is 77.2 Å². The summed E-state index contributed by atoms with van der Waals surface area (Å²) in [5, 5.41) is 16.6. The maximum atomic E-state index is 8.53. The van der Waals surface area contributed by atoms with Gasteiger partial charge in [0.25, 0.3) is 0 Å². The third-order valence-corrected chi connectivity index (χ3v) is 2.65. The van der Waals surface area contributed by atoms with Crippen LogP contribution >= 0.6 is 0 Å². The van der Waals surface area contributed by atoms with Gasteiger partial charge in [0, 0.05) is 0 Å². The summed E-state index contributed by atoms with van der Waals surface area (Å²) in [6, 6.07) is 2.62. The SMILES string of the molecule is Cc1c(CC#N)nnn1C1CC1C. The Balaban J connectivity index is 2.24. The molecule has 0 aliphatic heterocycles. The molecule has 1 fully saturated rings. The minimum atomic E-state index is 0.368. The molecule has 0 spiro atoms. The number of nitriles is 1. The fraction of sp³-hybridized carbons (Fsp3) is 0.667. The van der Waals surface area contributed by atoms with Crippen molar-refractivity contribution in [1.82, 2.24) is 15.0 Å². The molecule has 4 heteroatoms. The number of nitrogens with zero attached hydrogens (tertiary/aromatic N) is 4. The van der Waals surface area contributed by atoms with E-state index < -0.39 is 0 Å². The van der Waals surface area contributed by atoms with Crippen molar-refractivity contribution in [3.63, 3.8) is 0 Å². The molecule has 1 aliphatic carbocycles. The molecule has 1 aromatic rings. The summed E-state index contributed by atoms with van der Waals surface area (Å²) < 4.78 is 1.96. The Hall–Kier alpha value is -1.37. The van der Waals surface area contributed by atoms with Crippen molar-refractivity contribution >= 4 is 0 Å². The normalized spacial score (nSPS) is 25.6. The van der Waals surface area contributed by atoms with Gasteiger partial charge in [-0.1, -0.05) is 12.1 Å². The Morgan fingerprint density at radius 2 is 2.38 bits per heavy atom. The minimum Gasteiger partial charge on any atom is -0.246 e. The van der Waals surface area contributed by atoms with Crippen molar-refractivity contribution < 1.29 is 0 Å². The Morgan fingerprint density at radius 3 is 2.92 bits per heavy atom. The topological polar surface area (TPSA) is 54.5 Å². The molecule has 1 aliphatic rings. The van der Waals surface area contributed by atoms with Gasteiger partial charge in [-0.05, 0) is 19.3 Å². The highest BCUT2D eigenvalue weighted by atomic mass is 15.5. The molecule has 2 rings (SSSR count). The van der Waals surface area contributed by atoms with E-state index in [1.54, 1.807) is 0 Å². The zero-order valence-corrected chi connectivity index (χ0v) is 7.86. The van der Waals surface area contributed by atoms with E-state index in [2.05, 4.69) is 23.3 Å². The van der Waals surface area contributed by atoms with Crippen LogP contribution in [0.2, 0.25) is 0 Å². The van der Waals surface area contributed by atoms with E-state index in [1.807, 2.05) is 11.6 Å². The van der Waals surface area contributed by atoms with Crippen LogP contribution < -0.4 is 0 Å². The second-order valence-electron chi connectivity index (χ2n) is 3.68. The van der Waals surface area contributed by atoms with Crippen molar-refractivity contribution in [3.05, 3.63) is 11.4 Å². The van der Waals surface area contributed by atoms with E-state index in [-0.39, 0.29) is 0 Å². The van der Waals surface area contributed by atoms with Crippen LogP contribution in [0.4, 0.5) is 0 Å². The molecule has 0 radical (unpaired) electrons. The van der Waals surface area contributed by atoms with Crippen molar-refractivity contribution in [2.75, 3.05) is 0 Å². The van der Waals surface area contributed by atoms with Crippen LogP contribution in [0.1, 0.15) is 30.8 Å². The van der Waals surface area contributed by atoms with Crippen LogP contribution in [0.15, 0.2) is 0 Å². The highest BCUT2D eigenvalue weighted by Crippen LogP contribution is 2.42. The molecule has 0 bridgehead atoms. The Bertz CT molecular complexity index is 360. The predicted octanol–water partition coefficient (Wildman–Crippen LogP) is 1.23. The molecule has 0 saturated heterocycles. The smallest absolute Gasteiger partial charge is 0.0996 e. The second-order valence-corrected chi connectivity index (χ2v) is 3.68. The summed E-state index contributed by atoms with van der Waals surface area (Å²) in [5.41, 5.74) is 1.87. The van der Waals surface area contributed by atoms with Gasteiger partial charge in [-0.15, -0.1) is 5.10 Å². The van der Waals surface area contributed by atoms with Gasteiger partial charge in [0.15, 0.2) is 0 Å². The molecule has 1 saturated carbocycles. The van der Waals surface area contributed by atoms with Crippen molar-refractivity contribution in [2.24, 2.45) is 5.92 Å². The van der Waals surface area contributed by atoms with E-state index >= 15 is 0 Å². The first kappa shape index (κ1) is 8.24. The molecule has 68 valence electrons. The van der Waals surface area contributed by atoms with Gasteiger partial charge in [0.05, 0.1) is 29.9 Å². The molecule has 1 aromatic heterocycles. The number of rotatable bonds is 2. The number of hydrogen-bond donors (Lipinski definition) is 0. The lowest BCUT2D eigenvalue weighted by Gasteiger charge is -1.99. The Morgan fingerprint density at radius 1 is 1.69 bits per heavy atom. The summed E-state index contributed by atoms with van der Waals surface area (Å²) in [6.45, 7) is 4.19. The van der Waals surface area contributed by atoms with E-state index in [1.165, 1.54) is 6.42 Å². The van der Waals surface area contributed by atoms with Crippen molar-refractivity contribution in [2.45, 2.75) is 32.7 Å². The summed E-state index contributed by atoms with van der Waals surface area (Å²) in [6.07, 6.45) is 1.56. The molecule has 1 heterocycles. The zero-order chi connectivity index (χ0) is 9.42. The van der Waals surface area contributed by atoms with Crippen LogP contribution in [-0.2, 0) is 6.42 Å². The lowest BCUT2D eigenvalue weighted by atomic mass is 10.3. The van der Waals surface area contributed by atoms with Gasteiger partial charge in [0.2, 0.25) is 0 Å². The van der Waals surface area contributed by atoms with Crippen LogP contribution in [0.5, 0.6) is 0 Å². The average molecular weight is 176 g/mol. The van der Waals surface area contributed by atoms with Crippen LogP contribution in [0.3, 0.4) is 0 Å². The summed E-state index contributed by atoms with van der Waals surface area (Å²) in [5.74, 6) is 0.718. The van der Waals surface area contributed by atoms with E-state index in [0.717, 1.165) is 17.3 Å². The van der Waals surface area contributed by atoms with Crippen molar-refractivity contribution in [1.29, 1.82) is 5.26 Å². The molecular weight excluding hydrogens is 164 g/mol. The molecule has 0 amide bonds. The van der Waals surface area contributed by atoms with Gasteiger partial charge in [-0.25, -0.2) is 4.68 Å². The predicted molar refractivity (Wildman–Crippen MR) is 46.9 cm³/mol. The van der Waals surface area contributed by atoms with Crippen LogP contribution in [-0.4, -0.2) is 15.0 Å². The number of hydrogen-bond acceptors (Lipinski definition) is 3. The highest BCUT2D eigenvalue weighted by Gasteiger charge is 2.36. The van der Waals surface area contributed by atoms with Crippen LogP contribution in [0.25, 0.3) is 0 Å². The average Bonchev–Trinajstić information content (AvgIpc) is 2.70. The molecule has 0 aromatic carbocycles. The van der Waals surface area contributed by atoms with Gasteiger partial charge in [0.1, 0.15) is 0 Å². The van der Waals surface area contributed by atoms with E-state index in [0.29, 0.717) is 12.5 Å². The van der Waals surface area contributed by atoms with E-state index in [9.17, 15) is 0 Å². The lowest BCUT2D eigenvalue weighted by molar-refractivity contribution is 0.566. The Kier molecular flexibility index (Phi) is 1.80. The van der Waals surface area contributed by atoms with E-state index in [4.69, 9.17) is 5.26 Å². The van der Waals surface area contributed by atoms with Gasteiger partial charge in [-0.3, -0.25) is 0 Å². The van der Waals surface area contributed by atoms with Gasteiger partial charge >= 0.3 is 0 Å². The monoisotopic (exact) mass is 176 g/mol. The summed E-state index contributed by atoms with van der Waals surface area (Å²) in [7, 11) is 0. The molecule has 0 N–H and O–H groups in total. The zero-order valence-electron chi connectivity index (χ0n) is 7.86. The minimum absolute atomic E-state index is 0.368. The maximum absolute atomic E-state index is 8.53. The third kappa shape index (κ3) is 1.31. The first-order valence-corrected chi connectivity index (χ1v) is 4.51. The molecule has 2 atom stereocenters. The first-order valence-electron chi connectivity index (χ1n) is 4.51. The fourth-order valence-electron chi connectivity index (χ4n) is 1.57. The quantitative estimate of drug-likeness (QED) is 0.681. The summed E-state index contributed by atoms with van der Waals surface area (Å²) in [4.78, 5) is 0. The molecule has 13 heavy (non-hydrogen) atoms. The molecule has 4 nitrogen and oxygen atoms in total.